The van der Waals surface area contributed by atoms with Crippen LogP contribution in [0.1, 0.15) is 25.8 Å². The van der Waals surface area contributed by atoms with Crippen molar-refractivity contribution in [2.75, 3.05) is 44.6 Å². The Hall–Kier alpha value is -1.60. The first-order chi connectivity index (χ1) is 12.3. The van der Waals surface area contributed by atoms with Gasteiger partial charge < -0.3 is 15.0 Å². The van der Waals surface area contributed by atoms with Gasteiger partial charge in [-0.2, -0.15) is 0 Å². The van der Waals surface area contributed by atoms with Crippen LogP contribution in [0, 0.1) is 12.8 Å². The molecular weight excluding hydrogens is 398 g/mol. The number of nitrogens with one attached hydrogen (secondary N) is 1. The van der Waals surface area contributed by atoms with E-state index in [0.717, 1.165) is 28.7 Å². The molecule has 0 radical (unpaired) electrons. The highest BCUT2D eigenvalue weighted by molar-refractivity contribution is 9.10. The number of hydrogen-bond acceptors (Lipinski definition) is 4. The van der Waals surface area contributed by atoms with Crippen molar-refractivity contribution in [2.45, 2.75) is 27.2 Å². The van der Waals surface area contributed by atoms with Crippen molar-refractivity contribution >= 4 is 33.6 Å². The second-order valence-electron chi connectivity index (χ2n) is 7.09. The first-order valence-corrected chi connectivity index (χ1v) is 9.84. The molecule has 144 valence electrons. The van der Waals surface area contributed by atoms with E-state index in [1.165, 1.54) is 0 Å². The molecule has 2 rings (SSSR count). The molecule has 1 aromatic rings. The Bertz CT molecular complexity index is 636. The highest BCUT2D eigenvalue weighted by Crippen LogP contribution is 2.20. The first-order valence-electron chi connectivity index (χ1n) is 9.05. The quantitative estimate of drug-likeness (QED) is 0.783. The fourth-order valence-electron chi connectivity index (χ4n) is 2.80. The maximum atomic E-state index is 12.4. The standard InChI is InChI=1S/C19H28BrN3O3/c1-14(2)13-26-19(25)23-8-4-7-22(9-10-23)12-18(24)21-17-6-5-16(20)11-15(17)3/h5-6,11,14H,4,7-10,12-13H2,1-3H3,(H,21,24). The average molecular weight is 426 g/mol. The van der Waals surface area contributed by atoms with E-state index >= 15 is 0 Å². The Kier molecular flexibility index (Phi) is 7.90. The number of ether oxygens (including phenoxy) is 1. The zero-order valence-electron chi connectivity index (χ0n) is 15.8. The van der Waals surface area contributed by atoms with Gasteiger partial charge in [0, 0.05) is 36.3 Å². The van der Waals surface area contributed by atoms with Gasteiger partial charge in [-0.25, -0.2) is 4.79 Å². The Morgan fingerprint density at radius 2 is 2.00 bits per heavy atom. The second-order valence-corrected chi connectivity index (χ2v) is 8.01. The third kappa shape index (κ3) is 6.61. The minimum Gasteiger partial charge on any atom is -0.449 e. The summed E-state index contributed by atoms with van der Waals surface area (Å²) in [6, 6.07) is 5.78. The number of anilines is 1. The van der Waals surface area contributed by atoms with E-state index in [4.69, 9.17) is 4.74 Å². The fraction of sp³-hybridized carbons (Fsp3) is 0.579. The molecule has 7 heteroatoms. The summed E-state index contributed by atoms with van der Waals surface area (Å²) in [5, 5.41) is 2.97. The van der Waals surface area contributed by atoms with Crippen molar-refractivity contribution in [3.63, 3.8) is 0 Å². The van der Waals surface area contributed by atoms with Gasteiger partial charge >= 0.3 is 6.09 Å². The van der Waals surface area contributed by atoms with Crippen molar-refractivity contribution in [1.29, 1.82) is 0 Å². The van der Waals surface area contributed by atoms with Gasteiger partial charge in [-0.05, 0) is 43.0 Å². The Morgan fingerprint density at radius 1 is 1.23 bits per heavy atom. The molecule has 6 nitrogen and oxygen atoms in total. The number of carbonyl (C=O) groups excluding carboxylic acids is 2. The van der Waals surface area contributed by atoms with Crippen molar-refractivity contribution in [1.82, 2.24) is 9.80 Å². The third-order valence-corrected chi connectivity index (χ3v) is 4.71. The van der Waals surface area contributed by atoms with Crippen LogP contribution in [0.4, 0.5) is 10.5 Å². The van der Waals surface area contributed by atoms with Crippen LogP contribution in [-0.2, 0) is 9.53 Å². The van der Waals surface area contributed by atoms with E-state index in [1.807, 2.05) is 39.0 Å². The molecule has 1 saturated heterocycles. The zero-order valence-corrected chi connectivity index (χ0v) is 17.3. The molecule has 0 aromatic heterocycles. The first kappa shape index (κ1) is 20.7. The molecule has 1 aliphatic rings. The van der Waals surface area contributed by atoms with Gasteiger partial charge in [-0.3, -0.25) is 9.69 Å². The number of carbonyl (C=O) groups is 2. The number of amides is 2. The predicted molar refractivity (Wildman–Crippen MR) is 106 cm³/mol. The van der Waals surface area contributed by atoms with Gasteiger partial charge in [0.2, 0.25) is 5.91 Å². The number of halogens is 1. The van der Waals surface area contributed by atoms with Crippen LogP contribution in [0.3, 0.4) is 0 Å². The molecule has 1 heterocycles. The van der Waals surface area contributed by atoms with Gasteiger partial charge in [-0.1, -0.05) is 29.8 Å². The number of benzene rings is 1. The SMILES string of the molecule is Cc1cc(Br)ccc1NC(=O)CN1CCCN(C(=O)OCC(C)C)CC1. The van der Waals surface area contributed by atoms with Crippen LogP contribution in [0.5, 0.6) is 0 Å². The lowest BCUT2D eigenvalue weighted by atomic mass is 10.2. The third-order valence-electron chi connectivity index (χ3n) is 4.22. The van der Waals surface area contributed by atoms with Crippen LogP contribution in [-0.4, -0.2) is 61.1 Å². The van der Waals surface area contributed by atoms with Crippen LogP contribution in [0.2, 0.25) is 0 Å². The Balaban J connectivity index is 1.81. The van der Waals surface area contributed by atoms with Crippen molar-refractivity contribution < 1.29 is 14.3 Å². The maximum absolute atomic E-state index is 12.4. The molecule has 1 aliphatic heterocycles. The lowest BCUT2D eigenvalue weighted by molar-refractivity contribution is -0.117. The van der Waals surface area contributed by atoms with Gasteiger partial charge in [0.25, 0.3) is 0 Å². The molecule has 0 saturated carbocycles. The molecule has 1 aromatic carbocycles. The summed E-state index contributed by atoms with van der Waals surface area (Å²) in [5.74, 6) is 0.291. The summed E-state index contributed by atoms with van der Waals surface area (Å²) in [4.78, 5) is 28.3. The van der Waals surface area contributed by atoms with Crippen molar-refractivity contribution in [3.05, 3.63) is 28.2 Å². The lowest BCUT2D eigenvalue weighted by Crippen LogP contribution is -2.38. The van der Waals surface area contributed by atoms with Crippen molar-refractivity contribution in [2.24, 2.45) is 5.92 Å². The summed E-state index contributed by atoms with van der Waals surface area (Å²) in [5.41, 5.74) is 1.84. The van der Waals surface area contributed by atoms with E-state index in [1.54, 1.807) is 4.90 Å². The summed E-state index contributed by atoms with van der Waals surface area (Å²) < 4.78 is 6.29. The van der Waals surface area contributed by atoms with Crippen LogP contribution in [0.25, 0.3) is 0 Å². The fourth-order valence-corrected chi connectivity index (χ4v) is 3.28. The molecule has 0 aliphatic carbocycles. The Morgan fingerprint density at radius 3 is 2.69 bits per heavy atom. The molecule has 0 atom stereocenters. The van der Waals surface area contributed by atoms with E-state index in [0.29, 0.717) is 38.7 Å². The number of hydrogen-bond donors (Lipinski definition) is 1. The second kappa shape index (κ2) is 9.92. The molecule has 1 fully saturated rings. The van der Waals surface area contributed by atoms with Crippen LogP contribution < -0.4 is 5.32 Å². The minimum absolute atomic E-state index is 0.0359. The number of nitrogens with zero attached hydrogens (tertiary/aromatic N) is 2. The predicted octanol–water partition coefficient (Wildman–Crippen LogP) is 3.50. The van der Waals surface area contributed by atoms with Crippen molar-refractivity contribution in [3.8, 4) is 0 Å². The molecular formula is C19H28BrN3O3. The number of rotatable bonds is 5. The minimum atomic E-state index is -0.254. The highest BCUT2D eigenvalue weighted by Gasteiger charge is 2.21. The molecule has 1 N–H and O–H groups in total. The largest absolute Gasteiger partial charge is 0.449 e. The van der Waals surface area contributed by atoms with Gasteiger partial charge in [0.1, 0.15) is 0 Å². The molecule has 0 unspecified atom stereocenters. The Labute approximate surface area is 164 Å². The number of aryl methyl sites for hydroxylation is 1. The summed E-state index contributed by atoms with van der Waals surface area (Å²) in [6.07, 6.45) is 0.581. The maximum Gasteiger partial charge on any atom is 0.409 e. The molecule has 2 amide bonds. The highest BCUT2D eigenvalue weighted by atomic mass is 79.9. The summed E-state index contributed by atoms with van der Waals surface area (Å²) >= 11 is 3.42. The van der Waals surface area contributed by atoms with E-state index in [-0.39, 0.29) is 12.0 Å². The average Bonchev–Trinajstić information content (AvgIpc) is 2.81. The monoisotopic (exact) mass is 425 g/mol. The topological polar surface area (TPSA) is 61.9 Å². The van der Waals surface area contributed by atoms with Gasteiger partial charge in [0.15, 0.2) is 0 Å². The van der Waals surface area contributed by atoms with Crippen LogP contribution in [0.15, 0.2) is 22.7 Å². The van der Waals surface area contributed by atoms with E-state index in [2.05, 4.69) is 26.1 Å². The summed E-state index contributed by atoms with van der Waals surface area (Å²) in [7, 11) is 0. The van der Waals surface area contributed by atoms with E-state index < -0.39 is 0 Å². The van der Waals surface area contributed by atoms with Crippen LogP contribution >= 0.6 is 15.9 Å². The smallest absolute Gasteiger partial charge is 0.409 e. The van der Waals surface area contributed by atoms with Gasteiger partial charge in [-0.15, -0.1) is 0 Å². The van der Waals surface area contributed by atoms with Gasteiger partial charge in [0.05, 0.1) is 13.2 Å². The molecule has 26 heavy (non-hydrogen) atoms. The molecule has 0 spiro atoms. The zero-order chi connectivity index (χ0) is 19.1. The normalized spacial score (nSPS) is 15.7. The van der Waals surface area contributed by atoms with E-state index in [9.17, 15) is 9.59 Å². The summed E-state index contributed by atoms with van der Waals surface area (Å²) in [6.45, 7) is 9.48. The molecule has 0 bridgehead atoms. The lowest BCUT2D eigenvalue weighted by Gasteiger charge is -2.22.